The van der Waals surface area contributed by atoms with Crippen molar-refractivity contribution in [3.05, 3.63) is 29.8 Å². The number of aliphatic imine (C=N–C) groups is 1. The quantitative estimate of drug-likeness (QED) is 0.506. The molecule has 0 bridgehead atoms. The highest BCUT2D eigenvalue weighted by Crippen LogP contribution is 2.17. The van der Waals surface area contributed by atoms with Crippen LogP contribution in [-0.4, -0.2) is 69.4 Å². The maximum absolute atomic E-state index is 12.5. The van der Waals surface area contributed by atoms with Crippen molar-refractivity contribution in [3.8, 4) is 0 Å². The average Bonchev–Trinajstić information content (AvgIpc) is 3.15. The van der Waals surface area contributed by atoms with Gasteiger partial charge in [0.2, 0.25) is 10.0 Å². The van der Waals surface area contributed by atoms with E-state index < -0.39 is 10.0 Å². The molecule has 1 aliphatic heterocycles. The highest BCUT2D eigenvalue weighted by Gasteiger charge is 2.23. The molecule has 1 heterocycles. The van der Waals surface area contributed by atoms with Gasteiger partial charge in [0.1, 0.15) is 0 Å². The molecule has 2 rings (SSSR count). The van der Waals surface area contributed by atoms with Gasteiger partial charge in [-0.1, -0.05) is 19.1 Å². The summed E-state index contributed by atoms with van der Waals surface area (Å²) < 4.78 is 26.5. The van der Waals surface area contributed by atoms with Crippen LogP contribution in [0.5, 0.6) is 0 Å². The second kappa shape index (κ2) is 10.2. The molecule has 28 heavy (non-hydrogen) atoms. The summed E-state index contributed by atoms with van der Waals surface area (Å²) in [5.74, 6) is 0.763. The molecule has 1 atom stereocenters. The zero-order chi connectivity index (χ0) is 20.7. The number of guanidine groups is 1. The predicted octanol–water partition coefficient (Wildman–Crippen LogP) is 1.86. The van der Waals surface area contributed by atoms with Crippen LogP contribution in [0.2, 0.25) is 0 Å². The maximum Gasteiger partial charge on any atom is 0.243 e. The van der Waals surface area contributed by atoms with Crippen molar-refractivity contribution in [2.75, 3.05) is 33.7 Å². The molecule has 2 N–H and O–H groups in total. The summed E-state index contributed by atoms with van der Waals surface area (Å²) >= 11 is 0. The number of hydrogen-bond acceptors (Lipinski definition) is 4. The Bertz CT molecular complexity index is 746. The van der Waals surface area contributed by atoms with E-state index >= 15 is 0 Å². The number of hydrogen-bond donors (Lipinski definition) is 2. The van der Waals surface area contributed by atoms with Crippen molar-refractivity contribution in [1.82, 2.24) is 19.8 Å². The third-order valence-corrected chi connectivity index (χ3v) is 7.47. The van der Waals surface area contributed by atoms with Crippen LogP contribution in [0.25, 0.3) is 0 Å². The van der Waals surface area contributed by atoms with Crippen LogP contribution in [0.3, 0.4) is 0 Å². The Morgan fingerprint density at radius 3 is 2.54 bits per heavy atom. The SMILES string of the molecule is CCN1CCCC1CNC(=NC)NCc1ccc(S(=O)(=O)N(C)C(C)C)cc1. The number of sulfonamides is 1. The van der Waals surface area contributed by atoms with Gasteiger partial charge in [0.15, 0.2) is 5.96 Å². The minimum Gasteiger partial charge on any atom is -0.355 e. The number of rotatable bonds is 8. The van der Waals surface area contributed by atoms with Gasteiger partial charge in [-0.15, -0.1) is 0 Å². The Morgan fingerprint density at radius 1 is 1.29 bits per heavy atom. The fraction of sp³-hybridized carbons (Fsp3) is 0.650. The van der Waals surface area contributed by atoms with Crippen molar-refractivity contribution in [2.24, 2.45) is 4.99 Å². The Balaban J connectivity index is 1.89. The van der Waals surface area contributed by atoms with E-state index in [1.165, 1.54) is 23.7 Å². The first-order chi connectivity index (χ1) is 13.3. The molecule has 0 aromatic heterocycles. The number of likely N-dealkylation sites (N-methyl/N-ethyl adjacent to an activating group) is 1. The van der Waals surface area contributed by atoms with Gasteiger partial charge < -0.3 is 10.6 Å². The van der Waals surface area contributed by atoms with Gasteiger partial charge in [-0.3, -0.25) is 9.89 Å². The first kappa shape index (κ1) is 22.6. The lowest BCUT2D eigenvalue weighted by Gasteiger charge is -2.24. The van der Waals surface area contributed by atoms with Gasteiger partial charge in [-0.2, -0.15) is 4.31 Å². The van der Waals surface area contributed by atoms with Crippen LogP contribution in [0.4, 0.5) is 0 Å². The summed E-state index contributed by atoms with van der Waals surface area (Å²) in [5.41, 5.74) is 1.00. The number of nitrogens with one attached hydrogen (secondary N) is 2. The lowest BCUT2D eigenvalue weighted by Crippen LogP contribution is -2.44. The predicted molar refractivity (Wildman–Crippen MR) is 115 cm³/mol. The first-order valence-electron chi connectivity index (χ1n) is 10.0. The summed E-state index contributed by atoms with van der Waals surface area (Å²) in [6.07, 6.45) is 2.48. The van der Waals surface area contributed by atoms with Gasteiger partial charge in [0, 0.05) is 39.3 Å². The van der Waals surface area contributed by atoms with Crippen molar-refractivity contribution in [3.63, 3.8) is 0 Å². The van der Waals surface area contributed by atoms with Crippen LogP contribution in [0.15, 0.2) is 34.2 Å². The van der Waals surface area contributed by atoms with Gasteiger partial charge in [0.05, 0.1) is 4.90 Å². The Kier molecular flexibility index (Phi) is 8.27. The molecular weight excluding hydrogens is 374 g/mol. The van der Waals surface area contributed by atoms with Crippen molar-refractivity contribution in [1.29, 1.82) is 0 Å². The van der Waals surface area contributed by atoms with Gasteiger partial charge >= 0.3 is 0 Å². The summed E-state index contributed by atoms with van der Waals surface area (Å²) in [6.45, 7) is 9.65. The molecule has 0 amide bonds. The van der Waals surface area contributed by atoms with E-state index in [9.17, 15) is 8.42 Å². The summed E-state index contributed by atoms with van der Waals surface area (Å²) in [5, 5.41) is 6.71. The van der Waals surface area contributed by atoms with Gasteiger partial charge in [0.25, 0.3) is 0 Å². The smallest absolute Gasteiger partial charge is 0.243 e. The van der Waals surface area contributed by atoms with E-state index in [1.807, 2.05) is 26.0 Å². The average molecular weight is 410 g/mol. The maximum atomic E-state index is 12.5. The Labute approximate surface area is 170 Å². The molecule has 1 aromatic rings. The minimum absolute atomic E-state index is 0.0794. The normalized spacial score (nSPS) is 18.8. The molecule has 1 saturated heterocycles. The molecule has 8 heteroatoms. The number of nitrogens with zero attached hydrogens (tertiary/aromatic N) is 3. The highest BCUT2D eigenvalue weighted by molar-refractivity contribution is 7.89. The molecule has 0 aliphatic carbocycles. The lowest BCUT2D eigenvalue weighted by molar-refractivity contribution is 0.267. The van der Waals surface area contributed by atoms with E-state index in [1.54, 1.807) is 26.2 Å². The van der Waals surface area contributed by atoms with Crippen LogP contribution < -0.4 is 10.6 Å². The van der Waals surface area contributed by atoms with Gasteiger partial charge in [-0.25, -0.2) is 8.42 Å². The molecule has 7 nitrogen and oxygen atoms in total. The summed E-state index contributed by atoms with van der Waals surface area (Å²) in [6, 6.07) is 7.50. The second-order valence-electron chi connectivity index (χ2n) is 7.49. The molecule has 0 radical (unpaired) electrons. The molecule has 1 aliphatic rings. The first-order valence-corrected chi connectivity index (χ1v) is 11.5. The topological polar surface area (TPSA) is 77.0 Å². The Morgan fingerprint density at radius 2 is 1.96 bits per heavy atom. The fourth-order valence-electron chi connectivity index (χ4n) is 3.39. The standard InChI is InChI=1S/C20H35N5O2S/c1-6-25-13-7-8-18(25)15-23-20(21-4)22-14-17-9-11-19(12-10-17)28(26,27)24(5)16(2)3/h9-12,16,18H,6-8,13-15H2,1-5H3,(H2,21,22,23). The van der Waals surface area contributed by atoms with E-state index in [-0.39, 0.29) is 6.04 Å². The van der Waals surface area contributed by atoms with E-state index in [0.29, 0.717) is 17.5 Å². The second-order valence-corrected chi connectivity index (χ2v) is 9.49. The summed E-state index contributed by atoms with van der Waals surface area (Å²) in [7, 11) is -0.0755. The van der Waals surface area contributed by atoms with E-state index in [0.717, 1.165) is 24.6 Å². The van der Waals surface area contributed by atoms with Crippen molar-refractivity contribution < 1.29 is 8.42 Å². The monoisotopic (exact) mass is 409 g/mol. The molecule has 0 saturated carbocycles. The van der Waals surface area contributed by atoms with Crippen molar-refractivity contribution >= 4 is 16.0 Å². The molecule has 1 unspecified atom stereocenters. The van der Waals surface area contributed by atoms with Crippen LogP contribution in [0.1, 0.15) is 39.2 Å². The zero-order valence-corrected chi connectivity index (χ0v) is 18.6. The number of likely N-dealkylation sites (tertiary alicyclic amines) is 1. The largest absolute Gasteiger partial charge is 0.355 e. The van der Waals surface area contributed by atoms with Crippen LogP contribution >= 0.6 is 0 Å². The molecule has 1 fully saturated rings. The third kappa shape index (κ3) is 5.68. The zero-order valence-electron chi connectivity index (χ0n) is 17.8. The van der Waals surface area contributed by atoms with Crippen LogP contribution in [0, 0.1) is 0 Å². The molecular formula is C20H35N5O2S. The van der Waals surface area contributed by atoms with E-state index in [4.69, 9.17) is 0 Å². The molecule has 158 valence electrons. The van der Waals surface area contributed by atoms with Crippen LogP contribution in [-0.2, 0) is 16.6 Å². The lowest BCUT2D eigenvalue weighted by atomic mass is 10.2. The van der Waals surface area contributed by atoms with E-state index in [2.05, 4.69) is 27.4 Å². The fourth-order valence-corrected chi connectivity index (χ4v) is 4.75. The molecule has 1 aromatic carbocycles. The summed E-state index contributed by atoms with van der Waals surface area (Å²) in [4.78, 5) is 7.10. The number of benzene rings is 1. The van der Waals surface area contributed by atoms with Gasteiger partial charge in [-0.05, 0) is 57.5 Å². The molecule has 0 spiro atoms. The third-order valence-electron chi connectivity index (χ3n) is 5.42. The Hall–Kier alpha value is -1.64. The van der Waals surface area contributed by atoms with Crippen molar-refractivity contribution in [2.45, 2.75) is 57.1 Å². The highest BCUT2D eigenvalue weighted by atomic mass is 32.2. The minimum atomic E-state index is -3.44.